The fourth-order valence-electron chi connectivity index (χ4n) is 4.22. The van der Waals surface area contributed by atoms with Crippen molar-refractivity contribution < 1.29 is 19.0 Å². The molecule has 0 aliphatic carbocycles. The van der Waals surface area contributed by atoms with Crippen molar-refractivity contribution in [3.8, 4) is 0 Å². The third-order valence-corrected chi connectivity index (χ3v) is 8.62. The first-order valence-corrected chi connectivity index (χ1v) is 10.1. The van der Waals surface area contributed by atoms with Crippen LogP contribution in [0.25, 0.3) is 10.9 Å². The first-order chi connectivity index (χ1) is 10.9. The number of aromatic amines is 1. The summed E-state index contributed by atoms with van der Waals surface area (Å²) in [6.45, 7) is 0. The molecule has 2 aromatic rings. The van der Waals surface area contributed by atoms with Gasteiger partial charge >= 0.3 is 5.97 Å². The summed E-state index contributed by atoms with van der Waals surface area (Å²) in [5.41, 5.74) is 1.99. The van der Waals surface area contributed by atoms with Gasteiger partial charge in [0.1, 0.15) is 0 Å². The van der Waals surface area contributed by atoms with Crippen LogP contribution in [0, 0.1) is 0 Å². The molecule has 2 aliphatic rings. The Morgan fingerprint density at radius 3 is 2.48 bits per heavy atom. The van der Waals surface area contributed by atoms with Crippen LogP contribution in [0.5, 0.6) is 0 Å². The van der Waals surface area contributed by atoms with Gasteiger partial charge in [0.2, 0.25) is 0 Å². The number of carboxylic acid groups (broad SMARTS) is 1. The van der Waals surface area contributed by atoms with Gasteiger partial charge in [-0.15, -0.1) is 0 Å². The van der Waals surface area contributed by atoms with Gasteiger partial charge in [0.05, 0.1) is 11.1 Å². The second-order valence-electron chi connectivity index (χ2n) is 6.55. The van der Waals surface area contributed by atoms with Crippen molar-refractivity contribution >= 4 is 43.4 Å². The molecule has 7 heteroatoms. The number of hydrogen-bond donors (Lipinski definition) is 4. The molecule has 2 fully saturated rings. The van der Waals surface area contributed by atoms with Gasteiger partial charge in [-0.2, -0.15) is 10.6 Å². The minimum atomic E-state index is -2.45. The van der Waals surface area contributed by atoms with E-state index in [0.717, 1.165) is 41.1 Å². The Balaban J connectivity index is 1.78. The predicted molar refractivity (Wildman–Crippen MR) is 94.6 cm³/mol. The molecule has 5 nitrogen and oxygen atoms in total. The third-order valence-electron chi connectivity index (χ3n) is 5.34. The van der Waals surface area contributed by atoms with Crippen molar-refractivity contribution in [2.75, 3.05) is 0 Å². The van der Waals surface area contributed by atoms with Crippen LogP contribution >= 0.6 is 26.5 Å². The van der Waals surface area contributed by atoms with E-state index in [9.17, 15) is 19.0 Å². The van der Waals surface area contributed by atoms with E-state index < -0.39 is 16.6 Å². The highest BCUT2D eigenvalue weighted by molar-refractivity contribution is 9.10. The van der Waals surface area contributed by atoms with Crippen molar-refractivity contribution in [3.05, 3.63) is 33.9 Å². The van der Waals surface area contributed by atoms with Gasteiger partial charge in [0.25, 0.3) is 0 Å². The molecule has 1 aromatic carbocycles. The molecule has 3 heterocycles. The van der Waals surface area contributed by atoms with Crippen LogP contribution in [-0.2, 0) is 0 Å². The monoisotopic (exact) mass is 399 g/mol. The molecule has 4 N–H and O–H groups in total. The maximum Gasteiger partial charge on any atom is 0.337 e. The topological polar surface area (TPSA) is 93.6 Å². The number of H-pyrrole nitrogens is 1. The molecule has 1 unspecified atom stereocenters. The fraction of sp³-hybridized carbons (Fsp3) is 0.438. The highest BCUT2D eigenvalue weighted by atomic mass is 79.9. The van der Waals surface area contributed by atoms with E-state index in [0.29, 0.717) is 5.52 Å². The Kier molecular flexibility index (Phi) is 3.53. The van der Waals surface area contributed by atoms with Gasteiger partial charge < -0.3 is 10.1 Å². The number of halogens is 1. The lowest BCUT2D eigenvalue weighted by Gasteiger charge is -2.46. The summed E-state index contributed by atoms with van der Waals surface area (Å²) in [5.74, 6) is -0.709. The van der Waals surface area contributed by atoms with Gasteiger partial charge in [-0.1, -0.05) is 15.9 Å². The normalized spacial score (nSPS) is 30.5. The molecule has 3 atom stereocenters. The SMILES string of the molecule is O=C(O)c1cc(Br)cc2c(C3C[C@H]4CC[C@@H](C3)S4(O)O)c[nH]c12. The van der Waals surface area contributed by atoms with E-state index in [1.807, 2.05) is 12.3 Å². The number of carboxylic acids is 1. The largest absolute Gasteiger partial charge is 0.478 e. The maximum absolute atomic E-state index is 11.4. The summed E-state index contributed by atoms with van der Waals surface area (Å²) in [5, 5.41) is 10.3. The summed E-state index contributed by atoms with van der Waals surface area (Å²) in [4.78, 5) is 14.6. The van der Waals surface area contributed by atoms with E-state index in [4.69, 9.17) is 0 Å². The zero-order valence-corrected chi connectivity index (χ0v) is 14.7. The molecular weight excluding hydrogens is 382 g/mol. The van der Waals surface area contributed by atoms with Crippen LogP contribution in [0.1, 0.15) is 47.5 Å². The van der Waals surface area contributed by atoms with Crippen LogP contribution in [0.3, 0.4) is 0 Å². The first-order valence-electron chi connectivity index (χ1n) is 7.67. The number of aromatic nitrogens is 1. The van der Waals surface area contributed by atoms with E-state index in [-0.39, 0.29) is 22.0 Å². The molecule has 4 rings (SSSR count). The Labute approximate surface area is 143 Å². The lowest BCUT2D eigenvalue weighted by atomic mass is 9.90. The Morgan fingerprint density at radius 2 is 1.87 bits per heavy atom. The van der Waals surface area contributed by atoms with Gasteiger partial charge in [-0.3, -0.25) is 9.11 Å². The average Bonchev–Trinajstić information content (AvgIpc) is 2.90. The minimum Gasteiger partial charge on any atom is -0.478 e. The van der Waals surface area contributed by atoms with E-state index in [2.05, 4.69) is 20.9 Å². The maximum atomic E-state index is 11.4. The van der Waals surface area contributed by atoms with Crippen molar-refractivity contribution in [1.82, 2.24) is 4.98 Å². The highest BCUT2D eigenvalue weighted by Crippen LogP contribution is 2.66. The fourth-order valence-corrected chi connectivity index (χ4v) is 7.22. The average molecular weight is 400 g/mol. The van der Waals surface area contributed by atoms with Crippen molar-refractivity contribution in [3.63, 3.8) is 0 Å². The molecule has 124 valence electrons. The number of rotatable bonds is 2. The van der Waals surface area contributed by atoms with Gasteiger partial charge in [0, 0.05) is 26.6 Å². The van der Waals surface area contributed by atoms with Crippen molar-refractivity contribution in [2.45, 2.75) is 42.1 Å². The smallest absolute Gasteiger partial charge is 0.337 e. The first kappa shape index (κ1) is 15.5. The second-order valence-corrected chi connectivity index (χ2v) is 10.1. The van der Waals surface area contributed by atoms with E-state index in [1.54, 1.807) is 6.07 Å². The molecule has 0 spiro atoms. The molecule has 2 bridgehead atoms. The number of aromatic carboxylic acids is 1. The Morgan fingerprint density at radius 1 is 1.22 bits per heavy atom. The van der Waals surface area contributed by atoms with E-state index in [1.165, 1.54) is 0 Å². The van der Waals surface area contributed by atoms with Crippen molar-refractivity contribution in [1.29, 1.82) is 0 Å². The number of carbonyl (C=O) groups is 1. The van der Waals surface area contributed by atoms with Gasteiger partial charge in [-0.05, 0) is 49.3 Å². The second kappa shape index (κ2) is 5.24. The zero-order valence-electron chi connectivity index (χ0n) is 12.3. The van der Waals surface area contributed by atoms with E-state index >= 15 is 0 Å². The quantitative estimate of drug-likeness (QED) is 0.583. The number of benzene rings is 1. The Hall–Kier alpha value is -1.02. The van der Waals surface area contributed by atoms with Crippen LogP contribution in [-0.4, -0.2) is 35.7 Å². The molecule has 1 aromatic heterocycles. The van der Waals surface area contributed by atoms with Crippen LogP contribution in [0.2, 0.25) is 0 Å². The minimum absolute atomic E-state index is 0.0118. The Bertz CT molecular complexity index is 787. The number of nitrogens with one attached hydrogen (secondary N) is 1. The summed E-state index contributed by atoms with van der Waals surface area (Å²) in [6.07, 6.45) is 5.19. The van der Waals surface area contributed by atoms with Crippen LogP contribution in [0.15, 0.2) is 22.8 Å². The zero-order chi connectivity index (χ0) is 16.4. The molecular formula is C16H18BrNO4S. The predicted octanol–water partition coefficient (Wildman–Crippen LogP) is 4.79. The van der Waals surface area contributed by atoms with Gasteiger partial charge in [0.15, 0.2) is 0 Å². The molecule has 0 amide bonds. The summed E-state index contributed by atoms with van der Waals surface area (Å²) in [6, 6.07) is 3.55. The molecule has 2 aliphatic heterocycles. The van der Waals surface area contributed by atoms with Gasteiger partial charge in [-0.25, -0.2) is 4.79 Å². The molecule has 0 saturated carbocycles. The lowest BCUT2D eigenvalue weighted by Crippen LogP contribution is -2.28. The van der Waals surface area contributed by atoms with Crippen LogP contribution < -0.4 is 0 Å². The summed E-state index contributed by atoms with van der Waals surface area (Å²) >= 11 is 3.40. The third kappa shape index (κ3) is 2.33. The molecule has 23 heavy (non-hydrogen) atoms. The molecule has 0 radical (unpaired) electrons. The highest BCUT2D eigenvalue weighted by Gasteiger charge is 2.47. The number of hydrogen-bond acceptors (Lipinski definition) is 3. The molecule has 2 saturated heterocycles. The number of fused-ring (bicyclic) bond motifs is 3. The van der Waals surface area contributed by atoms with Crippen molar-refractivity contribution in [2.24, 2.45) is 0 Å². The van der Waals surface area contributed by atoms with Crippen LogP contribution in [0.4, 0.5) is 0 Å². The summed E-state index contributed by atoms with van der Waals surface area (Å²) in [7, 11) is -2.45. The summed E-state index contributed by atoms with van der Waals surface area (Å²) < 4.78 is 21.4. The standard InChI is InChI=1S/C16H18BrNO4S/c17-9-5-12-14(7-18-15(12)13(6-9)16(19)20)8-3-10-1-2-11(4-8)23(10,21)22/h5-8,10-11,18,21-22H,1-4H2,(H,19,20)/t8?,10-,11+. The lowest BCUT2D eigenvalue weighted by molar-refractivity contribution is 0.0698.